The zero-order valence-corrected chi connectivity index (χ0v) is 11.4. The van der Waals surface area contributed by atoms with E-state index in [2.05, 4.69) is 4.98 Å². The zero-order chi connectivity index (χ0) is 15.1. The Morgan fingerprint density at radius 3 is 2.95 bits per heavy atom. The molecule has 0 unspecified atom stereocenters. The number of fused-ring (bicyclic) bond motifs is 1. The van der Waals surface area contributed by atoms with Crippen molar-refractivity contribution in [3.8, 4) is 0 Å². The van der Waals surface area contributed by atoms with Crippen LogP contribution in [0.5, 0.6) is 0 Å². The minimum atomic E-state index is -1.35. The van der Waals surface area contributed by atoms with Crippen LogP contribution in [0.25, 0.3) is 5.57 Å². The highest BCUT2D eigenvalue weighted by Gasteiger charge is 2.28. The van der Waals surface area contributed by atoms with Crippen molar-refractivity contribution >= 4 is 28.8 Å². The van der Waals surface area contributed by atoms with Crippen LogP contribution in [0.2, 0.25) is 5.02 Å². The highest BCUT2D eigenvalue weighted by molar-refractivity contribution is 6.35. The fourth-order valence-electron chi connectivity index (χ4n) is 2.43. The van der Waals surface area contributed by atoms with Gasteiger partial charge in [-0.3, -0.25) is 0 Å². The predicted octanol–water partition coefficient (Wildman–Crippen LogP) is 3.13. The molecular formula is C14H10ClFN2O3. The van der Waals surface area contributed by atoms with Crippen LogP contribution in [0, 0.1) is 5.82 Å². The zero-order valence-electron chi connectivity index (χ0n) is 10.7. The molecule has 2 heterocycles. The Labute approximate surface area is 124 Å². The minimum absolute atomic E-state index is 0.0701. The number of pyridine rings is 1. The lowest BCUT2D eigenvalue weighted by atomic mass is 10.0. The fraction of sp³-hybridized carbons (Fsp3) is 0.143. The molecule has 0 aromatic carbocycles. The standard InChI is InChI=1S/C14H10ClFN2O3/c15-9-11(17)10(16)12(18-13(9)14(19)20)8-2-1-6-5-21-4-3-7(6)8/h3-5H,1-2H2,(H2,17,18)(H,19,20). The average molecular weight is 309 g/mol. The molecule has 21 heavy (non-hydrogen) atoms. The third-order valence-corrected chi connectivity index (χ3v) is 3.82. The maximum absolute atomic E-state index is 14.3. The van der Waals surface area contributed by atoms with E-state index in [1.807, 2.05) is 0 Å². The van der Waals surface area contributed by atoms with E-state index in [0.717, 1.165) is 11.1 Å². The smallest absolute Gasteiger partial charge is 0.356 e. The van der Waals surface area contributed by atoms with Crippen molar-refractivity contribution in [2.24, 2.45) is 0 Å². The third kappa shape index (κ3) is 2.08. The molecule has 0 amide bonds. The van der Waals surface area contributed by atoms with Gasteiger partial charge in [0, 0.05) is 0 Å². The number of ether oxygens (including phenoxy) is 1. The van der Waals surface area contributed by atoms with Gasteiger partial charge in [0.15, 0.2) is 11.5 Å². The second-order valence-electron chi connectivity index (χ2n) is 4.63. The largest absolute Gasteiger partial charge is 0.476 e. The Hall–Kier alpha value is -2.34. The normalized spacial score (nSPS) is 16.6. The summed E-state index contributed by atoms with van der Waals surface area (Å²) in [6.07, 6.45) is 5.95. The van der Waals surface area contributed by atoms with Crippen LogP contribution in [-0.2, 0) is 4.74 Å². The minimum Gasteiger partial charge on any atom is -0.476 e. The number of aromatic carboxylic acids is 1. The molecule has 0 radical (unpaired) electrons. The lowest BCUT2D eigenvalue weighted by molar-refractivity contribution is 0.0690. The Kier molecular flexibility index (Phi) is 3.17. The number of aromatic nitrogens is 1. The van der Waals surface area contributed by atoms with E-state index in [1.54, 1.807) is 12.3 Å². The first-order valence-corrected chi connectivity index (χ1v) is 6.51. The van der Waals surface area contributed by atoms with Crippen LogP contribution in [0.1, 0.15) is 29.0 Å². The van der Waals surface area contributed by atoms with E-state index >= 15 is 0 Å². The van der Waals surface area contributed by atoms with Crippen molar-refractivity contribution in [1.82, 2.24) is 4.98 Å². The van der Waals surface area contributed by atoms with Gasteiger partial charge in [-0.1, -0.05) is 11.6 Å². The highest BCUT2D eigenvalue weighted by atomic mass is 35.5. The molecule has 0 bridgehead atoms. The van der Waals surface area contributed by atoms with Crippen LogP contribution >= 0.6 is 11.6 Å². The number of rotatable bonds is 2. The number of nitrogens with zero attached hydrogens (tertiary/aromatic N) is 1. The number of hydrogen-bond acceptors (Lipinski definition) is 4. The Morgan fingerprint density at radius 1 is 1.48 bits per heavy atom. The predicted molar refractivity (Wildman–Crippen MR) is 75.0 cm³/mol. The van der Waals surface area contributed by atoms with Crippen LogP contribution < -0.4 is 5.73 Å². The molecule has 5 nitrogen and oxygen atoms in total. The van der Waals surface area contributed by atoms with Gasteiger partial charge in [0.05, 0.1) is 23.2 Å². The number of nitrogens with two attached hydrogens (primary N) is 1. The van der Waals surface area contributed by atoms with Crippen LogP contribution in [0.15, 0.2) is 29.7 Å². The second kappa shape index (κ2) is 4.89. The number of anilines is 1. The molecule has 1 aliphatic carbocycles. The highest BCUT2D eigenvalue weighted by Crippen LogP contribution is 2.41. The van der Waals surface area contributed by atoms with Gasteiger partial charge >= 0.3 is 5.97 Å². The Morgan fingerprint density at radius 2 is 2.24 bits per heavy atom. The van der Waals surface area contributed by atoms with E-state index in [-0.39, 0.29) is 10.7 Å². The molecule has 1 aromatic rings. The molecule has 2 aliphatic rings. The van der Waals surface area contributed by atoms with Gasteiger partial charge in [-0.25, -0.2) is 14.2 Å². The second-order valence-corrected chi connectivity index (χ2v) is 5.01. The molecule has 108 valence electrons. The topological polar surface area (TPSA) is 85.4 Å². The quantitative estimate of drug-likeness (QED) is 0.876. The van der Waals surface area contributed by atoms with Crippen molar-refractivity contribution in [3.05, 3.63) is 52.0 Å². The number of carboxylic acid groups (broad SMARTS) is 1. The average Bonchev–Trinajstić information content (AvgIpc) is 2.89. The summed E-state index contributed by atoms with van der Waals surface area (Å²) >= 11 is 5.74. The van der Waals surface area contributed by atoms with E-state index in [1.165, 1.54) is 6.26 Å². The van der Waals surface area contributed by atoms with E-state index < -0.39 is 23.2 Å². The molecule has 3 rings (SSSR count). The summed E-state index contributed by atoms with van der Waals surface area (Å²) in [4.78, 5) is 15.0. The third-order valence-electron chi connectivity index (χ3n) is 3.44. The molecule has 0 spiro atoms. The molecule has 7 heteroatoms. The van der Waals surface area contributed by atoms with Gasteiger partial charge in [0.1, 0.15) is 5.69 Å². The van der Waals surface area contributed by atoms with Gasteiger partial charge in [0.25, 0.3) is 0 Å². The van der Waals surface area contributed by atoms with E-state index in [9.17, 15) is 9.18 Å². The van der Waals surface area contributed by atoms with Gasteiger partial charge in [-0.05, 0) is 35.6 Å². The number of nitrogen functional groups attached to an aromatic ring is 1. The van der Waals surface area contributed by atoms with Gasteiger partial charge < -0.3 is 15.6 Å². The lowest BCUT2D eigenvalue weighted by Crippen LogP contribution is -2.10. The SMILES string of the molecule is Nc1c(F)c(C2=C3C=COC=C3CC2)nc(C(=O)O)c1Cl. The molecule has 3 N–H and O–H groups in total. The Balaban J connectivity index is 2.24. The lowest BCUT2D eigenvalue weighted by Gasteiger charge is -2.12. The van der Waals surface area contributed by atoms with Crippen molar-refractivity contribution in [2.75, 3.05) is 5.73 Å². The summed E-state index contributed by atoms with van der Waals surface area (Å²) in [7, 11) is 0. The van der Waals surface area contributed by atoms with Gasteiger partial charge in [0.2, 0.25) is 0 Å². The Bertz CT molecular complexity index is 753. The summed E-state index contributed by atoms with van der Waals surface area (Å²) in [5, 5.41) is 8.71. The summed E-state index contributed by atoms with van der Waals surface area (Å²) in [5.74, 6) is -2.15. The molecular weight excluding hydrogens is 299 g/mol. The first-order valence-electron chi connectivity index (χ1n) is 6.13. The van der Waals surface area contributed by atoms with E-state index in [4.69, 9.17) is 27.2 Å². The number of hydrogen-bond donors (Lipinski definition) is 2. The number of halogens is 2. The van der Waals surface area contributed by atoms with E-state index in [0.29, 0.717) is 18.4 Å². The number of carboxylic acids is 1. The van der Waals surface area contributed by atoms with Crippen LogP contribution in [0.3, 0.4) is 0 Å². The molecule has 1 aromatic heterocycles. The first-order chi connectivity index (χ1) is 10.0. The summed E-state index contributed by atoms with van der Waals surface area (Å²) < 4.78 is 19.4. The number of carbonyl (C=O) groups is 1. The molecule has 0 fully saturated rings. The van der Waals surface area contributed by atoms with Crippen molar-refractivity contribution in [1.29, 1.82) is 0 Å². The molecule has 1 aliphatic heterocycles. The maximum atomic E-state index is 14.3. The number of allylic oxidation sites excluding steroid dienone is 4. The molecule has 0 saturated heterocycles. The maximum Gasteiger partial charge on any atom is 0.356 e. The summed E-state index contributed by atoms with van der Waals surface area (Å²) in [6.45, 7) is 0. The van der Waals surface area contributed by atoms with Crippen molar-refractivity contribution < 1.29 is 19.0 Å². The molecule has 0 atom stereocenters. The monoisotopic (exact) mass is 308 g/mol. The van der Waals surface area contributed by atoms with Crippen molar-refractivity contribution in [3.63, 3.8) is 0 Å². The summed E-state index contributed by atoms with van der Waals surface area (Å²) in [6, 6.07) is 0. The van der Waals surface area contributed by atoms with Gasteiger partial charge in [-0.2, -0.15) is 0 Å². The van der Waals surface area contributed by atoms with Crippen LogP contribution in [-0.4, -0.2) is 16.1 Å². The van der Waals surface area contributed by atoms with Crippen molar-refractivity contribution in [2.45, 2.75) is 12.8 Å². The fourth-order valence-corrected chi connectivity index (χ4v) is 2.64. The van der Waals surface area contributed by atoms with Gasteiger partial charge in [-0.15, -0.1) is 0 Å². The molecule has 0 saturated carbocycles. The summed E-state index contributed by atoms with van der Waals surface area (Å²) in [5.41, 5.74) is 6.94. The van der Waals surface area contributed by atoms with Crippen LogP contribution in [0.4, 0.5) is 10.1 Å². The first kappa shape index (κ1) is 13.6.